The largest absolute Gasteiger partial charge is 0.361 e. The molecular formula is C17H27NO4S. The van der Waals surface area contributed by atoms with Crippen molar-refractivity contribution in [2.45, 2.75) is 70.5 Å². The Morgan fingerprint density at radius 1 is 1.26 bits per heavy atom. The molecule has 5 nitrogen and oxygen atoms in total. The van der Waals surface area contributed by atoms with Gasteiger partial charge in [0.1, 0.15) is 10.5 Å². The molecule has 1 aliphatic carbocycles. The average Bonchev–Trinajstić information content (AvgIpc) is 2.82. The summed E-state index contributed by atoms with van der Waals surface area (Å²) < 4.78 is 29.0. The maximum Gasteiger partial charge on any atom is 0.162 e. The van der Waals surface area contributed by atoms with Gasteiger partial charge in [-0.1, -0.05) is 32.3 Å². The van der Waals surface area contributed by atoms with Crippen molar-refractivity contribution >= 4 is 15.6 Å². The predicted octanol–water partition coefficient (Wildman–Crippen LogP) is 3.08. The monoisotopic (exact) mass is 341 g/mol. The van der Waals surface area contributed by atoms with Gasteiger partial charge in [-0.05, 0) is 32.6 Å². The molecule has 0 atom stereocenters. The van der Waals surface area contributed by atoms with E-state index in [9.17, 15) is 13.2 Å². The first-order valence-electron chi connectivity index (χ1n) is 8.15. The van der Waals surface area contributed by atoms with Gasteiger partial charge in [-0.3, -0.25) is 4.79 Å². The second kappa shape index (κ2) is 6.04. The van der Waals surface area contributed by atoms with Gasteiger partial charge in [-0.2, -0.15) is 0 Å². The molecule has 1 saturated carbocycles. The maximum absolute atomic E-state index is 12.6. The molecule has 0 N–H and O–H groups in total. The van der Waals surface area contributed by atoms with Crippen molar-refractivity contribution in [3.8, 4) is 0 Å². The van der Waals surface area contributed by atoms with Crippen LogP contribution in [0.25, 0.3) is 0 Å². The van der Waals surface area contributed by atoms with Crippen LogP contribution < -0.4 is 0 Å². The number of hydrogen-bond donors (Lipinski definition) is 0. The number of ketones is 1. The van der Waals surface area contributed by atoms with Gasteiger partial charge in [0.2, 0.25) is 0 Å². The van der Waals surface area contributed by atoms with E-state index >= 15 is 0 Å². The Balaban J connectivity index is 2.10. The van der Waals surface area contributed by atoms with E-state index in [1.54, 1.807) is 6.07 Å². The molecule has 0 aromatic carbocycles. The third-order valence-electron chi connectivity index (χ3n) is 4.79. The number of carbonyl (C=O) groups is 1. The van der Waals surface area contributed by atoms with E-state index in [2.05, 4.69) is 5.16 Å². The fourth-order valence-electron chi connectivity index (χ4n) is 2.47. The topological polar surface area (TPSA) is 77.2 Å². The summed E-state index contributed by atoms with van der Waals surface area (Å²) in [6, 6.07) is 1.74. The van der Waals surface area contributed by atoms with Crippen molar-refractivity contribution in [1.29, 1.82) is 0 Å². The lowest BCUT2D eigenvalue weighted by Gasteiger charge is -2.30. The van der Waals surface area contributed by atoms with E-state index in [0.29, 0.717) is 5.76 Å². The smallest absolute Gasteiger partial charge is 0.162 e. The minimum atomic E-state index is -3.47. The lowest BCUT2D eigenvalue weighted by molar-refractivity contribution is -0.120. The molecule has 0 bridgehead atoms. The van der Waals surface area contributed by atoms with Crippen molar-refractivity contribution in [3.05, 3.63) is 17.5 Å². The molecule has 0 saturated heterocycles. The average molecular weight is 341 g/mol. The zero-order chi connectivity index (χ0) is 17.5. The zero-order valence-corrected chi connectivity index (χ0v) is 15.5. The van der Waals surface area contributed by atoms with Gasteiger partial charge in [-0.25, -0.2) is 8.42 Å². The van der Waals surface area contributed by atoms with Crippen LogP contribution in [0.5, 0.6) is 0 Å². The number of nitrogens with zero attached hydrogens (tertiary/aromatic N) is 1. The first-order chi connectivity index (χ1) is 10.4. The third-order valence-corrected chi connectivity index (χ3v) is 7.48. The number of carbonyl (C=O) groups excluding carboxylic acids is 1. The minimum Gasteiger partial charge on any atom is -0.361 e. The molecule has 1 aromatic heterocycles. The molecule has 1 fully saturated rings. The number of rotatable bonds is 6. The summed E-state index contributed by atoms with van der Waals surface area (Å²) in [5, 5.41) is 3.98. The molecule has 130 valence electrons. The van der Waals surface area contributed by atoms with Gasteiger partial charge in [0.05, 0.1) is 17.9 Å². The molecule has 2 rings (SSSR count). The van der Waals surface area contributed by atoms with Gasteiger partial charge in [0, 0.05) is 11.5 Å². The van der Waals surface area contributed by atoms with Gasteiger partial charge in [0.15, 0.2) is 15.6 Å². The SMILES string of the molecule is CC(C)(C)c1cc(CC(=O)C(C)(C)S(=O)(=O)CC2CCC2)on1. The molecule has 1 aliphatic rings. The van der Waals surface area contributed by atoms with E-state index in [1.165, 1.54) is 13.8 Å². The van der Waals surface area contributed by atoms with E-state index in [1.807, 2.05) is 20.8 Å². The number of sulfone groups is 1. The lowest BCUT2D eigenvalue weighted by atomic mass is 9.87. The molecule has 0 radical (unpaired) electrons. The van der Waals surface area contributed by atoms with Crippen molar-refractivity contribution in [2.75, 3.05) is 5.75 Å². The standard InChI is InChI=1S/C17H27NO4S/c1-16(2,3)14-9-13(22-18-14)10-15(19)17(4,5)23(20,21)11-12-7-6-8-12/h9,12H,6-8,10-11H2,1-5H3. The molecule has 0 spiro atoms. The number of hydrogen-bond acceptors (Lipinski definition) is 5. The Hall–Kier alpha value is -1.17. The molecule has 1 heterocycles. The first kappa shape index (κ1) is 18.2. The highest BCUT2D eigenvalue weighted by molar-refractivity contribution is 7.93. The Labute approximate surface area is 138 Å². The molecule has 0 unspecified atom stereocenters. The highest BCUT2D eigenvalue weighted by Gasteiger charge is 2.43. The summed E-state index contributed by atoms with van der Waals surface area (Å²) in [5.74, 6) is 0.403. The van der Waals surface area contributed by atoms with Crippen molar-refractivity contribution < 1.29 is 17.7 Å². The van der Waals surface area contributed by atoms with E-state index in [-0.39, 0.29) is 29.3 Å². The van der Waals surface area contributed by atoms with Gasteiger partial charge in [0.25, 0.3) is 0 Å². The second-order valence-corrected chi connectivity index (χ2v) is 10.7. The van der Waals surface area contributed by atoms with Crippen LogP contribution in [0.2, 0.25) is 0 Å². The van der Waals surface area contributed by atoms with Crippen LogP contribution in [-0.2, 0) is 26.5 Å². The number of aromatic nitrogens is 1. The quantitative estimate of drug-likeness (QED) is 0.794. The van der Waals surface area contributed by atoms with Gasteiger partial charge < -0.3 is 4.52 Å². The van der Waals surface area contributed by atoms with E-state index in [4.69, 9.17) is 4.52 Å². The first-order valence-corrected chi connectivity index (χ1v) is 9.80. The summed E-state index contributed by atoms with van der Waals surface area (Å²) >= 11 is 0. The number of Topliss-reactive ketones (excluding diaryl/α,β-unsaturated/α-hetero) is 1. The normalized spacial score (nSPS) is 17.1. The zero-order valence-electron chi connectivity index (χ0n) is 14.7. The van der Waals surface area contributed by atoms with Gasteiger partial charge >= 0.3 is 0 Å². The Morgan fingerprint density at radius 2 is 1.87 bits per heavy atom. The van der Waals surface area contributed by atoms with Crippen molar-refractivity contribution in [1.82, 2.24) is 5.16 Å². The summed E-state index contributed by atoms with van der Waals surface area (Å²) in [5.41, 5.74) is 0.590. The highest BCUT2D eigenvalue weighted by atomic mass is 32.2. The predicted molar refractivity (Wildman–Crippen MR) is 89.1 cm³/mol. The third kappa shape index (κ3) is 3.84. The lowest BCUT2D eigenvalue weighted by Crippen LogP contribution is -2.44. The van der Waals surface area contributed by atoms with Gasteiger partial charge in [-0.15, -0.1) is 0 Å². The van der Waals surface area contributed by atoms with Crippen LogP contribution in [0.15, 0.2) is 10.6 Å². The van der Waals surface area contributed by atoms with Crippen LogP contribution in [-0.4, -0.2) is 29.9 Å². The maximum atomic E-state index is 12.6. The fraction of sp³-hybridized carbons (Fsp3) is 0.765. The molecule has 0 amide bonds. The molecule has 6 heteroatoms. The van der Waals surface area contributed by atoms with Crippen LogP contribution in [0.4, 0.5) is 0 Å². The van der Waals surface area contributed by atoms with Crippen molar-refractivity contribution in [2.24, 2.45) is 5.92 Å². The van der Waals surface area contributed by atoms with Crippen LogP contribution in [0, 0.1) is 5.92 Å². The Bertz CT molecular complexity index is 676. The second-order valence-electron chi connectivity index (χ2n) is 8.12. The van der Waals surface area contributed by atoms with Crippen LogP contribution >= 0.6 is 0 Å². The highest BCUT2D eigenvalue weighted by Crippen LogP contribution is 2.32. The van der Waals surface area contributed by atoms with Crippen LogP contribution in [0.3, 0.4) is 0 Å². The summed E-state index contributed by atoms with van der Waals surface area (Å²) in [6.07, 6.45) is 2.93. The van der Waals surface area contributed by atoms with Crippen LogP contribution in [0.1, 0.15) is 65.3 Å². The Morgan fingerprint density at radius 3 is 2.30 bits per heavy atom. The van der Waals surface area contributed by atoms with E-state index in [0.717, 1.165) is 25.0 Å². The minimum absolute atomic E-state index is 0.0417. The molecule has 0 aliphatic heterocycles. The Kier molecular flexibility index (Phi) is 4.77. The molecular weight excluding hydrogens is 314 g/mol. The van der Waals surface area contributed by atoms with Crippen molar-refractivity contribution in [3.63, 3.8) is 0 Å². The molecule has 1 aromatic rings. The summed E-state index contributed by atoms with van der Waals surface area (Å²) in [6.45, 7) is 9.02. The summed E-state index contributed by atoms with van der Waals surface area (Å²) in [4.78, 5) is 12.6. The summed E-state index contributed by atoms with van der Waals surface area (Å²) in [7, 11) is -3.47. The molecule has 23 heavy (non-hydrogen) atoms. The van der Waals surface area contributed by atoms with E-state index < -0.39 is 14.6 Å². The fourth-order valence-corrected chi connectivity index (χ4v) is 4.26.